The fourth-order valence-corrected chi connectivity index (χ4v) is 2.98. The number of hydrogen-bond donors (Lipinski definition) is 0. The van der Waals surface area contributed by atoms with Crippen molar-refractivity contribution in [2.75, 3.05) is 0 Å². The van der Waals surface area contributed by atoms with Gasteiger partial charge in [-0.3, -0.25) is 4.98 Å². The van der Waals surface area contributed by atoms with Crippen LogP contribution in [-0.4, -0.2) is 4.98 Å². The lowest BCUT2D eigenvalue weighted by atomic mass is 9.63. The van der Waals surface area contributed by atoms with Crippen molar-refractivity contribution in [1.29, 1.82) is 0 Å². The molecule has 0 unspecified atom stereocenters. The number of aromatic nitrogens is 1. The maximum absolute atomic E-state index is 5.88. The molecule has 0 amide bonds. The van der Waals surface area contributed by atoms with E-state index in [0.717, 1.165) is 5.75 Å². The lowest BCUT2D eigenvalue weighted by Crippen LogP contribution is -2.33. The molecule has 1 fully saturated rings. The van der Waals surface area contributed by atoms with Crippen molar-refractivity contribution in [3.63, 3.8) is 0 Å². The minimum Gasteiger partial charge on any atom is -0.487 e. The zero-order valence-electron chi connectivity index (χ0n) is 12.0. The van der Waals surface area contributed by atoms with Gasteiger partial charge in [-0.1, -0.05) is 43.7 Å². The molecule has 0 radical (unpaired) electrons. The molecule has 104 valence electrons. The topological polar surface area (TPSA) is 22.1 Å². The minimum atomic E-state index is 0.360. The van der Waals surface area contributed by atoms with Gasteiger partial charge in [-0.15, -0.1) is 0 Å². The normalized spacial score (nSPS) is 16.4. The molecule has 1 aromatic heterocycles. The van der Waals surface area contributed by atoms with Crippen molar-refractivity contribution >= 4 is 0 Å². The molecule has 1 aromatic carbocycles. The van der Waals surface area contributed by atoms with Crippen LogP contribution in [-0.2, 0) is 12.0 Å². The molecule has 0 N–H and O–H groups in total. The first kappa shape index (κ1) is 13.2. The molecular weight excluding hydrogens is 246 g/mol. The molecule has 0 bridgehead atoms. The molecule has 2 aromatic rings. The quantitative estimate of drug-likeness (QED) is 0.796. The summed E-state index contributed by atoms with van der Waals surface area (Å²) < 4.78 is 5.88. The summed E-state index contributed by atoms with van der Waals surface area (Å²) in [4.78, 5) is 4.37. The summed E-state index contributed by atoms with van der Waals surface area (Å²) in [6.07, 6.45) is 8.92. The van der Waals surface area contributed by atoms with Gasteiger partial charge in [0.15, 0.2) is 0 Å². The third-order valence-corrected chi connectivity index (χ3v) is 4.56. The Labute approximate surface area is 120 Å². The standard InChI is InChI=1S/C18H21NO/c1-2-18(9-6-10-18)16-11-17(13-19-12-16)20-14-15-7-4-3-5-8-15/h3-5,7-8,11-13H,2,6,9-10,14H2,1H3. The van der Waals surface area contributed by atoms with Crippen molar-refractivity contribution in [3.05, 3.63) is 59.9 Å². The predicted octanol–water partition coefficient (Wildman–Crippen LogP) is 4.49. The molecule has 1 heterocycles. The van der Waals surface area contributed by atoms with Crippen LogP contribution in [0.2, 0.25) is 0 Å². The van der Waals surface area contributed by atoms with Gasteiger partial charge in [0.1, 0.15) is 12.4 Å². The summed E-state index contributed by atoms with van der Waals surface area (Å²) in [7, 11) is 0. The highest BCUT2D eigenvalue weighted by Crippen LogP contribution is 2.46. The maximum Gasteiger partial charge on any atom is 0.138 e. The highest BCUT2D eigenvalue weighted by Gasteiger charge is 2.37. The zero-order valence-corrected chi connectivity index (χ0v) is 12.0. The number of hydrogen-bond acceptors (Lipinski definition) is 2. The second kappa shape index (κ2) is 5.66. The van der Waals surface area contributed by atoms with Crippen LogP contribution in [0.15, 0.2) is 48.8 Å². The van der Waals surface area contributed by atoms with E-state index in [2.05, 4.69) is 30.1 Å². The number of nitrogens with zero attached hydrogens (tertiary/aromatic N) is 1. The molecule has 0 atom stereocenters. The van der Waals surface area contributed by atoms with Gasteiger partial charge < -0.3 is 4.74 Å². The Morgan fingerprint density at radius 3 is 2.60 bits per heavy atom. The average Bonchev–Trinajstić information content (AvgIpc) is 2.46. The van der Waals surface area contributed by atoms with Gasteiger partial charge >= 0.3 is 0 Å². The lowest BCUT2D eigenvalue weighted by Gasteiger charge is -2.41. The SMILES string of the molecule is CCC1(c2cncc(OCc3ccccc3)c2)CCC1. The van der Waals surface area contributed by atoms with E-state index < -0.39 is 0 Å². The number of ether oxygens (including phenoxy) is 1. The highest BCUT2D eigenvalue weighted by molar-refractivity contribution is 5.32. The summed E-state index contributed by atoms with van der Waals surface area (Å²) in [6, 6.07) is 12.4. The lowest BCUT2D eigenvalue weighted by molar-refractivity contribution is 0.232. The second-order valence-corrected chi connectivity index (χ2v) is 5.67. The van der Waals surface area contributed by atoms with Crippen LogP contribution < -0.4 is 4.74 Å². The molecule has 2 heteroatoms. The fraction of sp³-hybridized carbons (Fsp3) is 0.389. The number of pyridine rings is 1. The van der Waals surface area contributed by atoms with E-state index in [4.69, 9.17) is 4.74 Å². The molecular formula is C18H21NO. The van der Waals surface area contributed by atoms with E-state index in [1.54, 1.807) is 0 Å². The first-order chi connectivity index (χ1) is 9.82. The van der Waals surface area contributed by atoms with E-state index in [-0.39, 0.29) is 0 Å². The predicted molar refractivity (Wildman–Crippen MR) is 80.8 cm³/mol. The molecule has 0 saturated heterocycles. The highest BCUT2D eigenvalue weighted by atomic mass is 16.5. The van der Waals surface area contributed by atoms with Crippen LogP contribution >= 0.6 is 0 Å². The van der Waals surface area contributed by atoms with Crippen molar-refractivity contribution in [1.82, 2.24) is 4.98 Å². The van der Waals surface area contributed by atoms with Crippen LogP contribution in [0, 0.1) is 0 Å². The van der Waals surface area contributed by atoms with Gasteiger partial charge in [-0.2, -0.15) is 0 Å². The fourth-order valence-electron chi connectivity index (χ4n) is 2.98. The van der Waals surface area contributed by atoms with E-state index in [1.165, 1.54) is 36.8 Å². The Kier molecular flexibility index (Phi) is 3.72. The third kappa shape index (κ3) is 2.55. The number of rotatable bonds is 5. The summed E-state index contributed by atoms with van der Waals surface area (Å²) in [5.41, 5.74) is 2.89. The molecule has 1 aliphatic carbocycles. The number of benzene rings is 1. The molecule has 0 spiro atoms. The monoisotopic (exact) mass is 267 g/mol. The van der Waals surface area contributed by atoms with Gasteiger partial charge in [0.25, 0.3) is 0 Å². The van der Waals surface area contributed by atoms with Crippen molar-refractivity contribution < 1.29 is 4.74 Å². The van der Waals surface area contributed by atoms with E-state index >= 15 is 0 Å². The summed E-state index contributed by atoms with van der Waals surface area (Å²) in [5, 5.41) is 0. The second-order valence-electron chi connectivity index (χ2n) is 5.67. The van der Waals surface area contributed by atoms with E-state index in [1.807, 2.05) is 30.6 Å². The molecule has 0 aliphatic heterocycles. The minimum absolute atomic E-state index is 0.360. The molecule has 20 heavy (non-hydrogen) atoms. The maximum atomic E-state index is 5.88. The average molecular weight is 267 g/mol. The van der Waals surface area contributed by atoms with Gasteiger partial charge in [0.2, 0.25) is 0 Å². The Hall–Kier alpha value is -1.83. The molecule has 1 saturated carbocycles. The first-order valence-electron chi connectivity index (χ1n) is 7.45. The van der Waals surface area contributed by atoms with Crippen molar-refractivity contribution in [2.24, 2.45) is 0 Å². The Bertz CT molecular complexity index is 555. The summed E-state index contributed by atoms with van der Waals surface area (Å²) >= 11 is 0. The van der Waals surface area contributed by atoms with Crippen LogP contribution in [0.5, 0.6) is 5.75 Å². The smallest absolute Gasteiger partial charge is 0.138 e. The van der Waals surface area contributed by atoms with Crippen LogP contribution in [0.3, 0.4) is 0 Å². The Balaban J connectivity index is 1.72. The van der Waals surface area contributed by atoms with Gasteiger partial charge in [-0.05, 0) is 41.9 Å². The molecule has 2 nitrogen and oxygen atoms in total. The van der Waals surface area contributed by atoms with Crippen LogP contribution in [0.25, 0.3) is 0 Å². The van der Waals surface area contributed by atoms with Gasteiger partial charge in [0.05, 0.1) is 6.20 Å². The van der Waals surface area contributed by atoms with Crippen molar-refractivity contribution in [2.45, 2.75) is 44.6 Å². The zero-order chi connectivity index (χ0) is 13.8. The third-order valence-electron chi connectivity index (χ3n) is 4.56. The van der Waals surface area contributed by atoms with E-state index in [0.29, 0.717) is 12.0 Å². The first-order valence-corrected chi connectivity index (χ1v) is 7.45. The van der Waals surface area contributed by atoms with Gasteiger partial charge in [-0.25, -0.2) is 0 Å². The van der Waals surface area contributed by atoms with Crippen LogP contribution in [0.4, 0.5) is 0 Å². The van der Waals surface area contributed by atoms with E-state index in [9.17, 15) is 0 Å². The Morgan fingerprint density at radius 2 is 1.95 bits per heavy atom. The summed E-state index contributed by atoms with van der Waals surface area (Å²) in [6.45, 7) is 2.88. The van der Waals surface area contributed by atoms with Crippen molar-refractivity contribution in [3.8, 4) is 5.75 Å². The largest absolute Gasteiger partial charge is 0.487 e. The molecule has 3 rings (SSSR count). The van der Waals surface area contributed by atoms with Crippen LogP contribution in [0.1, 0.15) is 43.7 Å². The molecule has 1 aliphatic rings. The Morgan fingerprint density at radius 1 is 1.15 bits per heavy atom. The summed E-state index contributed by atoms with van der Waals surface area (Å²) in [5.74, 6) is 0.881. The van der Waals surface area contributed by atoms with Gasteiger partial charge in [0, 0.05) is 6.20 Å².